The normalized spacial score (nSPS) is 16.2. The summed E-state index contributed by atoms with van der Waals surface area (Å²) in [4.78, 5) is 13.7. The largest absolute Gasteiger partial charge is 0.495 e. The molecule has 1 saturated heterocycles. The van der Waals surface area contributed by atoms with Gasteiger partial charge in [-0.1, -0.05) is 0 Å². The van der Waals surface area contributed by atoms with E-state index in [1.54, 1.807) is 0 Å². The maximum absolute atomic E-state index is 11.9. The third-order valence-corrected chi connectivity index (χ3v) is 10.4. The molecule has 0 saturated carbocycles. The average molecular weight is 380 g/mol. The number of likely N-dealkylation sites (tertiary alicyclic amines) is 1. The molecule has 1 aliphatic heterocycles. The maximum Gasteiger partial charge on any atom is 0.495 e. The second-order valence-electron chi connectivity index (χ2n) is 5.61. The summed E-state index contributed by atoms with van der Waals surface area (Å²) in [6, 6.07) is 0.559. The van der Waals surface area contributed by atoms with Gasteiger partial charge in [-0.15, -0.1) is 0 Å². The number of carbonyl (C=O) groups is 1. The quantitative estimate of drug-likeness (QED) is 0.457. The molecule has 1 amide bonds. The monoisotopic (exact) mass is 379 g/mol. The van der Waals surface area contributed by atoms with Crippen LogP contribution in [0.5, 0.6) is 0 Å². The Labute approximate surface area is 148 Å². The second-order valence-corrected chi connectivity index (χ2v) is 11.2. The molecular formula is C15H33NO6Si2. The van der Waals surface area contributed by atoms with Gasteiger partial charge in [0.15, 0.2) is 0 Å². The van der Waals surface area contributed by atoms with Crippen LogP contribution in [0.1, 0.15) is 40.5 Å². The predicted molar refractivity (Wildman–Crippen MR) is 95.6 cm³/mol. The molecular weight excluding hydrogens is 346 g/mol. The fourth-order valence-corrected chi connectivity index (χ4v) is 9.39. The van der Waals surface area contributed by atoms with Gasteiger partial charge in [-0.3, -0.25) is 4.79 Å². The number of carbonyl (C=O) groups excluding carboxylic acids is 1. The van der Waals surface area contributed by atoms with Gasteiger partial charge in [0.2, 0.25) is 5.91 Å². The SMILES string of the molecule is CCO[Si](C)(OCC)O[Si](CCN1CCCC1=O)(OCC)OCC. The lowest BCUT2D eigenvalue weighted by atomic mass is 10.4. The zero-order chi connectivity index (χ0) is 18.1. The van der Waals surface area contributed by atoms with Crippen molar-refractivity contribution in [1.82, 2.24) is 4.90 Å². The van der Waals surface area contributed by atoms with Crippen molar-refractivity contribution in [3.8, 4) is 0 Å². The van der Waals surface area contributed by atoms with Crippen LogP contribution < -0.4 is 0 Å². The summed E-state index contributed by atoms with van der Waals surface area (Å²) in [6.07, 6.45) is 1.55. The molecule has 1 aliphatic rings. The Balaban J connectivity index is 2.87. The number of hydrogen-bond acceptors (Lipinski definition) is 6. The Morgan fingerprint density at radius 3 is 1.92 bits per heavy atom. The van der Waals surface area contributed by atoms with Crippen molar-refractivity contribution in [3.63, 3.8) is 0 Å². The van der Waals surface area contributed by atoms with Crippen molar-refractivity contribution in [2.24, 2.45) is 0 Å². The van der Waals surface area contributed by atoms with Gasteiger partial charge in [-0.05, 0) is 34.1 Å². The summed E-state index contributed by atoms with van der Waals surface area (Å²) in [7, 11) is -5.83. The number of rotatable bonds is 13. The van der Waals surface area contributed by atoms with Gasteiger partial charge in [0.25, 0.3) is 0 Å². The van der Waals surface area contributed by atoms with Crippen LogP contribution in [-0.2, 0) is 26.6 Å². The third-order valence-electron chi connectivity index (χ3n) is 3.74. The molecule has 7 nitrogen and oxygen atoms in total. The Hall–Kier alpha value is -0.296. The van der Waals surface area contributed by atoms with Crippen molar-refractivity contribution in [1.29, 1.82) is 0 Å². The summed E-state index contributed by atoms with van der Waals surface area (Å²) in [5, 5.41) is 0. The van der Waals surface area contributed by atoms with E-state index in [0.717, 1.165) is 13.0 Å². The highest BCUT2D eigenvalue weighted by Crippen LogP contribution is 2.25. The van der Waals surface area contributed by atoms with E-state index in [2.05, 4.69) is 0 Å². The molecule has 0 aromatic carbocycles. The molecule has 0 N–H and O–H groups in total. The van der Waals surface area contributed by atoms with E-state index in [1.165, 1.54) is 0 Å². The molecule has 0 atom stereocenters. The van der Waals surface area contributed by atoms with Crippen molar-refractivity contribution in [2.75, 3.05) is 39.5 Å². The van der Waals surface area contributed by atoms with Crippen LogP contribution in [0, 0.1) is 0 Å². The molecule has 0 unspecified atom stereocenters. The molecule has 1 fully saturated rings. The highest BCUT2D eigenvalue weighted by Gasteiger charge is 2.51. The van der Waals surface area contributed by atoms with E-state index in [-0.39, 0.29) is 5.91 Å². The Morgan fingerprint density at radius 1 is 0.958 bits per heavy atom. The van der Waals surface area contributed by atoms with E-state index in [0.29, 0.717) is 45.4 Å². The van der Waals surface area contributed by atoms with Gasteiger partial charge in [-0.25, -0.2) is 0 Å². The van der Waals surface area contributed by atoms with E-state index >= 15 is 0 Å². The minimum Gasteiger partial charge on any atom is -0.374 e. The molecule has 9 heteroatoms. The topological polar surface area (TPSA) is 66.5 Å². The lowest BCUT2D eigenvalue weighted by Gasteiger charge is -2.36. The van der Waals surface area contributed by atoms with Gasteiger partial charge < -0.3 is 26.7 Å². The fraction of sp³-hybridized carbons (Fsp3) is 0.933. The zero-order valence-corrected chi connectivity index (χ0v) is 17.8. The maximum atomic E-state index is 11.9. The van der Waals surface area contributed by atoms with Crippen LogP contribution >= 0.6 is 0 Å². The van der Waals surface area contributed by atoms with E-state index < -0.39 is 17.6 Å². The van der Waals surface area contributed by atoms with Gasteiger partial charge in [0.05, 0.1) is 0 Å². The lowest BCUT2D eigenvalue weighted by Crippen LogP contribution is -2.58. The predicted octanol–water partition coefficient (Wildman–Crippen LogP) is 2.28. The summed E-state index contributed by atoms with van der Waals surface area (Å²) < 4.78 is 29.9. The smallest absolute Gasteiger partial charge is 0.374 e. The molecule has 0 radical (unpaired) electrons. The minimum absolute atomic E-state index is 0.195. The first kappa shape index (κ1) is 21.7. The second kappa shape index (κ2) is 10.6. The number of nitrogens with zero attached hydrogens (tertiary/aromatic N) is 1. The minimum atomic E-state index is -2.98. The van der Waals surface area contributed by atoms with Gasteiger partial charge in [-0.2, -0.15) is 0 Å². The summed E-state index contributed by atoms with van der Waals surface area (Å²) in [5.74, 6) is 0.195. The van der Waals surface area contributed by atoms with Gasteiger partial charge >= 0.3 is 17.6 Å². The van der Waals surface area contributed by atoms with Gasteiger partial charge in [0, 0.05) is 58.5 Å². The lowest BCUT2D eigenvalue weighted by molar-refractivity contribution is -0.127. The Bertz CT molecular complexity index is 373. The summed E-state index contributed by atoms with van der Waals surface area (Å²) in [6.45, 7) is 12.9. The molecule has 0 spiro atoms. The fourth-order valence-electron chi connectivity index (χ4n) is 2.86. The summed E-state index contributed by atoms with van der Waals surface area (Å²) in [5.41, 5.74) is 0. The van der Waals surface area contributed by atoms with Crippen LogP contribution in [-0.4, -0.2) is 67.9 Å². The summed E-state index contributed by atoms with van der Waals surface area (Å²) >= 11 is 0. The first-order valence-corrected chi connectivity index (χ1v) is 13.1. The molecule has 1 rings (SSSR count). The first-order chi connectivity index (χ1) is 11.4. The van der Waals surface area contributed by atoms with Crippen molar-refractivity contribution in [3.05, 3.63) is 0 Å². The standard InChI is InChI=1S/C15H33NO6Si2/c1-6-18-23(5,19-7-2)22-24(20-8-3,21-9-4)14-13-16-12-10-11-15(16)17/h6-14H2,1-5H3. The molecule has 24 heavy (non-hydrogen) atoms. The van der Waals surface area contributed by atoms with E-state index in [1.807, 2.05) is 39.1 Å². The molecule has 1 heterocycles. The molecule has 0 aromatic heterocycles. The highest BCUT2D eigenvalue weighted by atomic mass is 28.5. The highest BCUT2D eigenvalue weighted by molar-refractivity contribution is 6.74. The van der Waals surface area contributed by atoms with Crippen LogP contribution in [0.25, 0.3) is 0 Å². The zero-order valence-electron chi connectivity index (χ0n) is 15.8. The third kappa shape index (κ3) is 6.54. The van der Waals surface area contributed by atoms with E-state index in [9.17, 15) is 4.79 Å². The van der Waals surface area contributed by atoms with Crippen LogP contribution in [0.2, 0.25) is 12.6 Å². The Kier molecular flexibility index (Phi) is 9.64. The molecule has 142 valence electrons. The molecule has 0 bridgehead atoms. The number of hydrogen-bond donors (Lipinski definition) is 0. The molecule has 0 aliphatic carbocycles. The first-order valence-electron chi connectivity index (χ1n) is 8.98. The van der Waals surface area contributed by atoms with Crippen LogP contribution in [0.15, 0.2) is 0 Å². The van der Waals surface area contributed by atoms with Crippen LogP contribution in [0.3, 0.4) is 0 Å². The van der Waals surface area contributed by atoms with E-state index in [4.69, 9.17) is 21.8 Å². The molecule has 0 aromatic rings. The van der Waals surface area contributed by atoms with Crippen molar-refractivity contribution >= 4 is 23.5 Å². The van der Waals surface area contributed by atoms with Crippen molar-refractivity contribution in [2.45, 2.75) is 53.1 Å². The van der Waals surface area contributed by atoms with Gasteiger partial charge in [0.1, 0.15) is 0 Å². The van der Waals surface area contributed by atoms with Crippen LogP contribution in [0.4, 0.5) is 0 Å². The number of amides is 1. The average Bonchev–Trinajstić information content (AvgIpc) is 2.91. The van der Waals surface area contributed by atoms with Crippen molar-refractivity contribution < 1.29 is 26.6 Å². The Morgan fingerprint density at radius 2 is 1.50 bits per heavy atom.